The van der Waals surface area contributed by atoms with E-state index in [9.17, 15) is 4.79 Å². The molecule has 0 aliphatic rings. The molecule has 100 valence electrons. The number of hydrogen-bond acceptors (Lipinski definition) is 3. The average Bonchev–Trinajstić information content (AvgIpc) is 2.82. The largest absolute Gasteiger partial charge is 0.333 e. The van der Waals surface area contributed by atoms with Crippen LogP contribution in [-0.4, -0.2) is 23.0 Å². The molecule has 0 radical (unpaired) electrons. The van der Waals surface area contributed by atoms with E-state index < -0.39 is 0 Å². The standard InChI is InChI=1S/C14H17N3OS/c1-11-13(19-10-16-11)8-15-14(18)17(2)9-12-6-4-3-5-7-12/h3-7,10H,8-9H2,1-2H3,(H,15,18). The van der Waals surface area contributed by atoms with Crippen molar-refractivity contribution in [3.8, 4) is 0 Å². The van der Waals surface area contributed by atoms with Crippen molar-refractivity contribution >= 4 is 17.4 Å². The Labute approximate surface area is 117 Å². The molecule has 4 nitrogen and oxygen atoms in total. The number of amides is 2. The highest BCUT2D eigenvalue weighted by Crippen LogP contribution is 2.11. The van der Waals surface area contributed by atoms with Gasteiger partial charge >= 0.3 is 6.03 Å². The van der Waals surface area contributed by atoms with Crippen LogP contribution in [-0.2, 0) is 13.1 Å². The maximum absolute atomic E-state index is 12.0. The first-order chi connectivity index (χ1) is 9.16. The van der Waals surface area contributed by atoms with Gasteiger partial charge in [-0.15, -0.1) is 11.3 Å². The Hall–Kier alpha value is -1.88. The Balaban J connectivity index is 1.84. The van der Waals surface area contributed by atoms with Gasteiger partial charge in [0, 0.05) is 18.5 Å². The highest BCUT2D eigenvalue weighted by molar-refractivity contribution is 7.09. The third kappa shape index (κ3) is 3.79. The van der Waals surface area contributed by atoms with Gasteiger partial charge in [-0.1, -0.05) is 30.3 Å². The molecule has 0 unspecified atom stereocenters. The fourth-order valence-corrected chi connectivity index (χ4v) is 2.43. The highest BCUT2D eigenvalue weighted by atomic mass is 32.1. The lowest BCUT2D eigenvalue weighted by molar-refractivity contribution is 0.206. The van der Waals surface area contributed by atoms with E-state index in [1.807, 2.05) is 37.3 Å². The lowest BCUT2D eigenvalue weighted by Gasteiger charge is -2.17. The lowest BCUT2D eigenvalue weighted by Crippen LogP contribution is -2.36. The quantitative estimate of drug-likeness (QED) is 0.932. The van der Waals surface area contributed by atoms with Crippen molar-refractivity contribution in [2.45, 2.75) is 20.0 Å². The molecule has 0 aliphatic carbocycles. The number of carbonyl (C=O) groups is 1. The molecule has 2 aromatic rings. The number of aryl methyl sites for hydroxylation is 1. The summed E-state index contributed by atoms with van der Waals surface area (Å²) in [5.74, 6) is 0. The number of nitrogens with one attached hydrogen (secondary N) is 1. The fraction of sp³-hybridized carbons (Fsp3) is 0.286. The van der Waals surface area contributed by atoms with Crippen molar-refractivity contribution in [1.29, 1.82) is 0 Å². The van der Waals surface area contributed by atoms with Crippen LogP contribution in [0.2, 0.25) is 0 Å². The van der Waals surface area contributed by atoms with Gasteiger partial charge in [-0.2, -0.15) is 0 Å². The summed E-state index contributed by atoms with van der Waals surface area (Å²) < 4.78 is 0. The van der Waals surface area contributed by atoms with Crippen LogP contribution in [0, 0.1) is 6.92 Å². The molecular formula is C14H17N3OS. The van der Waals surface area contributed by atoms with Gasteiger partial charge in [-0.3, -0.25) is 0 Å². The highest BCUT2D eigenvalue weighted by Gasteiger charge is 2.09. The van der Waals surface area contributed by atoms with Crippen molar-refractivity contribution in [3.05, 3.63) is 52.0 Å². The zero-order valence-electron chi connectivity index (χ0n) is 11.1. The third-order valence-electron chi connectivity index (χ3n) is 2.85. The molecule has 2 rings (SSSR count). The Morgan fingerprint density at radius 1 is 1.37 bits per heavy atom. The second-order valence-corrected chi connectivity index (χ2v) is 5.30. The molecular weight excluding hydrogens is 258 g/mol. The zero-order valence-corrected chi connectivity index (χ0v) is 11.9. The summed E-state index contributed by atoms with van der Waals surface area (Å²) in [5.41, 5.74) is 3.90. The minimum atomic E-state index is -0.0725. The summed E-state index contributed by atoms with van der Waals surface area (Å²) in [4.78, 5) is 18.9. The summed E-state index contributed by atoms with van der Waals surface area (Å²) in [5, 5.41) is 2.90. The molecule has 0 atom stereocenters. The number of hydrogen-bond donors (Lipinski definition) is 1. The van der Waals surface area contributed by atoms with Crippen LogP contribution in [0.5, 0.6) is 0 Å². The van der Waals surface area contributed by atoms with Crippen LogP contribution in [0.3, 0.4) is 0 Å². The maximum Gasteiger partial charge on any atom is 0.317 e. The first-order valence-corrected chi connectivity index (χ1v) is 6.96. The molecule has 0 saturated carbocycles. The van der Waals surface area contributed by atoms with E-state index in [1.165, 1.54) is 0 Å². The molecule has 1 N–H and O–H groups in total. The van der Waals surface area contributed by atoms with E-state index in [4.69, 9.17) is 0 Å². The number of aromatic nitrogens is 1. The van der Waals surface area contributed by atoms with Crippen molar-refractivity contribution in [3.63, 3.8) is 0 Å². The Kier molecular flexibility index (Phi) is 4.52. The minimum absolute atomic E-state index is 0.0725. The molecule has 1 aromatic heterocycles. The predicted octanol–water partition coefficient (Wildman–Crippen LogP) is 2.79. The molecule has 0 spiro atoms. The summed E-state index contributed by atoms with van der Waals surface area (Å²) >= 11 is 1.56. The van der Waals surface area contributed by atoms with Crippen molar-refractivity contribution < 1.29 is 4.79 Å². The van der Waals surface area contributed by atoms with Gasteiger partial charge in [0.1, 0.15) is 0 Å². The van der Waals surface area contributed by atoms with Gasteiger partial charge in [-0.05, 0) is 12.5 Å². The van der Waals surface area contributed by atoms with E-state index in [1.54, 1.807) is 28.8 Å². The smallest absolute Gasteiger partial charge is 0.317 e. The van der Waals surface area contributed by atoms with Crippen LogP contribution >= 0.6 is 11.3 Å². The number of thiazole rings is 1. The maximum atomic E-state index is 12.0. The van der Waals surface area contributed by atoms with Crippen molar-refractivity contribution in [1.82, 2.24) is 15.2 Å². The summed E-state index contributed by atoms with van der Waals surface area (Å²) in [7, 11) is 1.79. The molecule has 0 bridgehead atoms. The molecule has 5 heteroatoms. The van der Waals surface area contributed by atoms with Gasteiger partial charge in [0.05, 0.1) is 17.7 Å². The molecule has 0 aliphatic heterocycles. The van der Waals surface area contributed by atoms with Crippen LogP contribution in [0.4, 0.5) is 4.79 Å². The number of carbonyl (C=O) groups excluding carboxylic acids is 1. The van der Waals surface area contributed by atoms with Crippen LogP contribution < -0.4 is 5.32 Å². The molecule has 2 amide bonds. The molecule has 1 aromatic carbocycles. The Morgan fingerprint density at radius 3 is 2.74 bits per heavy atom. The van der Waals surface area contributed by atoms with E-state index in [0.29, 0.717) is 13.1 Å². The predicted molar refractivity (Wildman–Crippen MR) is 77.0 cm³/mol. The van der Waals surface area contributed by atoms with E-state index in [2.05, 4.69) is 10.3 Å². The molecule has 1 heterocycles. The van der Waals surface area contributed by atoms with Gasteiger partial charge in [0.25, 0.3) is 0 Å². The summed E-state index contributed by atoms with van der Waals surface area (Å²) in [6, 6.07) is 9.87. The first-order valence-electron chi connectivity index (χ1n) is 6.08. The Bertz CT molecular complexity index is 539. The third-order valence-corrected chi connectivity index (χ3v) is 3.79. The molecule has 0 saturated heterocycles. The van der Waals surface area contributed by atoms with Crippen LogP contribution in [0.1, 0.15) is 16.1 Å². The van der Waals surface area contributed by atoms with E-state index >= 15 is 0 Å². The van der Waals surface area contributed by atoms with E-state index in [0.717, 1.165) is 16.1 Å². The Morgan fingerprint density at radius 2 is 2.11 bits per heavy atom. The van der Waals surface area contributed by atoms with Gasteiger partial charge in [-0.25, -0.2) is 9.78 Å². The number of nitrogens with zero attached hydrogens (tertiary/aromatic N) is 2. The van der Waals surface area contributed by atoms with E-state index in [-0.39, 0.29) is 6.03 Å². The number of rotatable bonds is 4. The van der Waals surface area contributed by atoms with Crippen LogP contribution in [0.15, 0.2) is 35.8 Å². The number of urea groups is 1. The summed E-state index contributed by atoms with van der Waals surface area (Å²) in [6.07, 6.45) is 0. The zero-order chi connectivity index (χ0) is 13.7. The molecule has 0 fully saturated rings. The summed E-state index contributed by atoms with van der Waals surface area (Å²) in [6.45, 7) is 3.09. The molecule has 19 heavy (non-hydrogen) atoms. The normalized spacial score (nSPS) is 10.2. The first kappa shape index (κ1) is 13.5. The SMILES string of the molecule is Cc1ncsc1CNC(=O)N(C)Cc1ccccc1. The van der Waals surface area contributed by atoms with Crippen LogP contribution in [0.25, 0.3) is 0 Å². The van der Waals surface area contributed by atoms with Crippen molar-refractivity contribution in [2.24, 2.45) is 0 Å². The fourth-order valence-electron chi connectivity index (χ4n) is 1.72. The van der Waals surface area contributed by atoms with Crippen molar-refractivity contribution in [2.75, 3.05) is 7.05 Å². The van der Waals surface area contributed by atoms with Gasteiger partial charge < -0.3 is 10.2 Å². The number of benzene rings is 1. The topological polar surface area (TPSA) is 45.2 Å². The minimum Gasteiger partial charge on any atom is -0.333 e. The lowest BCUT2D eigenvalue weighted by atomic mass is 10.2. The monoisotopic (exact) mass is 275 g/mol. The average molecular weight is 275 g/mol. The van der Waals surface area contributed by atoms with Gasteiger partial charge in [0.2, 0.25) is 0 Å². The van der Waals surface area contributed by atoms with Gasteiger partial charge in [0.15, 0.2) is 0 Å². The second kappa shape index (κ2) is 6.33. The second-order valence-electron chi connectivity index (χ2n) is 4.36.